The first-order valence-electron chi connectivity index (χ1n) is 6.79. The Hall–Kier alpha value is -1.70. The zero-order valence-electron chi connectivity index (χ0n) is 11.3. The molecule has 1 N–H and O–H groups in total. The second-order valence-electron chi connectivity index (χ2n) is 5.38. The summed E-state index contributed by atoms with van der Waals surface area (Å²) in [7, 11) is 0. The summed E-state index contributed by atoms with van der Waals surface area (Å²) >= 11 is 0. The molecule has 2 nitrogen and oxygen atoms in total. The molecule has 1 aromatic rings. The topological polar surface area (TPSA) is 35.8 Å². The van der Waals surface area contributed by atoms with Gasteiger partial charge >= 0.3 is 6.18 Å². The fourth-order valence-electron chi connectivity index (χ4n) is 2.67. The van der Waals surface area contributed by atoms with Crippen LogP contribution in [0.3, 0.4) is 0 Å². The van der Waals surface area contributed by atoms with Gasteiger partial charge in [0.1, 0.15) is 6.07 Å². The molecular weight excluding hydrogens is 265 g/mol. The molecule has 108 valence electrons. The minimum absolute atomic E-state index is 0.0533. The Balaban J connectivity index is 2.22. The number of nitrogens with zero attached hydrogens (tertiary/aromatic N) is 1. The molecule has 20 heavy (non-hydrogen) atoms. The normalized spacial score (nSPS) is 23.1. The quantitative estimate of drug-likeness (QED) is 0.862. The van der Waals surface area contributed by atoms with E-state index in [-0.39, 0.29) is 11.6 Å². The van der Waals surface area contributed by atoms with Gasteiger partial charge in [0, 0.05) is 6.04 Å². The van der Waals surface area contributed by atoms with Gasteiger partial charge < -0.3 is 5.32 Å². The maximum atomic E-state index is 12.6. The third-order valence-electron chi connectivity index (χ3n) is 3.92. The monoisotopic (exact) mass is 282 g/mol. The molecule has 1 aliphatic rings. The molecule has 0 saturated heterocycles. The molecule has 1 aromatic carbocycles. The number of nitrogens with one attached hydrogen (secondary N) is 1. The third-order valence-corrected chi connectivity index (χ3v) is 3.92. The van der Waals surface area contributed by atoms with Crippen molar-refractivity contribution < 1.29 is 13.2 Å². The summed E-state index contributed by atoms with van der Waals surface area (Å²) in [5.41, 5.74) is -0.229. The van der Waals surface area contributed by atoms with E-state index in [9.17, 15) is 13.2 Å². The minimum atomic E-state index is -4.41. The van der Waals surface area contributed by atoms with Gasteiger partial charge in [-0.1, -0.05) is 19.8 Å². The molecule has 0 spiro atoms. The maximum Gasteiger partial charge on any atom is 0.416 e. The molecule has 2 atom stereocenters. The summed E-state index contributed by atoms with van der Waals surface area (Å²) < 4.78 is 37.9. The molecule has 0 heterocycles. The number of anilines is 1. The van der Waals surface area contributed by atoms with Gasteiger partial charge in [-0.05, 0) is 37.0 Å². The van der Waals surface area contributed by atoms with Crippen LogP contribution in [0.1, 0.15) is 43.7 Å². The van der Waals surface area contributed by atoms with Crippen LogP contribution in [0.2, 0.25) is 0 Å². The zero-order valence-corrected chi connectivity index (χ0v) is 11.3. The summed E-state index contributed by atoms with van der Waals surface area (Å²) in [6, 6.07) is 5.38. The molecule has 1 saturated carbocycles. The van der Waals surface area contributed by atoms with Crippen molar-refractivity contribution in [2.75, 3.05) is 5.32 Å². The van der Waals surface area contributed by atoms with Crippen LogP contribution >= 0.6 is 0 Å². The van der Waals surface area contributed by atoms with E-state index in [2.05, 4.69) is 12.2 Å². The molecular formula is C15H17F3N2. The standard InChI is InChI=1S/C15H17F3N2/c1-10-4-2-3-5-13(10)20-14-7-6-12(15(16,17)18)8-11(14)9-19/h6-8,10,13,20H,2-5H2,1H3. The molecule has 1 aliphatic carbocycles. The van der Waals surface area contributed by atoms with Crippen LogP contribution < -0.4 is 5.32 Å². The van der Waals surface area contributed by atoms with E-state index in [1.807, 2.05) is 6.07 Å². The first-order valence-corrected chi connectivity index (χ1v) is 6.79. The molecule has 0 aliphatic heterocycles. The summed E-state index contributed by atoms with van der Waals surface area (Å²) in [4.78, 5) is 0. The van der Waals surface area contributed by atoms with Crippen molar-refractivity contribution in [3.8, 4) is 6.07 Å². The number of nitriles is 1. The second-order valence-corrected chi connectivity index (χ2v) is 5.38. The van der Waals surface area contributed by atoms with Gasteiger partial charge in [-0.15, -0.1) is 0 Å². The van der Waals surface area contributed by atoms with Crippen molar-refractivity contribution in [3.05, 3.63) is 29.3 Å². The highest BCUT2D eigenvalue weighted by Crippen LogP contribution is 2.33. The van der Waals surface area contributed by atoms with Gasteiger partial charge in [0.15, 0.2) is 0 Å². The van der Waals surface area contributed by atoms with Gasteiger partial charge in [0.05, 0.1) is 16.8 Å². The minimum Gasteiger partial charge on any atom is -0.381 e. The van der Waals surface area contributed by atoms with E-state index >= 15 is 0 Å². The molecule has 0 aromatic heterocycles. The van der Waals surface area contributed by atoms with E-state index in [1.54, 1.807) is 0 Å². The van der Waals surface area contributed by atoms with Gasteiger partial charge in [0.2, 0.25) is 0 Å². The highest BCUT2D eigenvalue weighted by molar-refractivity contribution is 5.59. The lowest BCUT2D eigenvalue weighted by molar-refractivity contribution is -0.137. The largest absolute Gasteiger partial charge is 0.416 e. The summed E-state index contributed by atoms with van der Waals surface area (Å²) in [6.07, 6.45) is -0.00248. The SMILES string of the molecule is CC1CCCCC1Nc1ccc(C(F)(F)F)cc1C#N. The van der Waals surface area contributed by atoms with Crippen molar-refractivity contribution in [1.82, 2.24) is 0 Å². The van der Waals surface area contributed by atoms with Crippen LogP contribution in [0.4, 0.5) is 18.9 Å². The molecule has 0 amide bonds. The van der Waals surface area contributed by atoms with E-state index in [0.717, 1.165) is 31.4 Å². The number of hydrogen-bond acceptors (Lipinski definition) is 2. The van der Waals surface area contributed by atoms with Crippen molar-refractivity contribution in [1.29, 1.82) is 5.26 Å². The highest BCUT2D eigenvalue weighted by atomic mass is 19.4. The zero-order chi connectivity index (χ0) is 14.8. The van der Waals surface area contributed by atoms with Crippen molar-refractivity contribution in [2.45, 2.75) is 44.8 Å². The lowest BCUT2D eigenvalue weighted by Crippen LogP contribution is -2.30. The molecule has 2 unspecified atom stereocenters. The van der Waals surface area contributed by atoms with Gasteiger partial charge in [-0.2, -0.15) is 18.4 Å². The van der Waals surface area contributed by atoms with Crippen molar-refractivity contribution >= 4 is 5.69 Å². The first kappa shape index (κ1) is 14.7. The van der Waals surface area contributed by atoms with Gasteiger partial charge in [0.25, 0.3) is 0 Å². The summed E-state index contributed by atoms with van der Waals surface area (Å²) in [5, 5.41) is 12.3. The first-order chi connectivity index (χ1) is 9.41. The lowest BCUT2D eigenvalue weighted by Gasteiger charge is -2.30. The smallest absolute Gasteiger partial charge is 0.381 e. The maximum absolute atomic E-state index is 12.6. The van der Waals surface area contributed by atoms with Crippen LogP contribution in [-0.4, -0.2) is 6.04 Å². The van der Waals surface area contributed by atoms with Crippen LogP contribution in [-0.2, 0) is 6.18 Å². The summed E-state index contributed by atoms with van der Waals surface area (Å²) in [5.74, 6) is 0.470. The van der Waals surface area contributed by atoms with E-state index in [1.165, 1.54) is 12.5 Å². The Bertz CT molecular complexity index is 517. The fraction of sp³-hybridized carbons (Fsp3) is 0.533. The van der Waals surface area contributed by atoms with Crippen molar-refractivity contribution in [3.63, 3.8) is 0 Å². The second kappa shape index (κ2) is 5.74. The van der Waals surface area contributed by atoms with Crippen LogP contribution in [0, 0.1) is 17.2 Å². The molecule has 0 bridgehead atoms. The highest BCUT2D eigenvalue weighted by Gasteiger charge is 2.31. The van der Waals surface area contributed by atoms with E-state index in [4.69, 9.17) is 5.26 Å². The van der Waals surface area contributed by atoms with Gasteiger partial charge in [-0.3, -0.25) is 0 Å². The van der Waals surface area contributed by atoms with E-state index < -0.39 is 11.7 Å². The van der Waals surface area contributed by atoms with Crippen LogP contribution in [0.5, 0.6) is 0 Å². The lowest BCUT2D eigenvalue weighted by atomic mass is 9.85. The molecule has 5 heteroatoms. The third kappa shape index (κ3) is 3.24. The van der Waals surface area contributed by atoms with E-state index in [0.29, 0.717) is 11.6 Å². The number of halogens is 3. The number of benzene rings is 1. The van der Waals surface area contributed by atoms with Crippen LogP contribution in [0.25, 0.3) is 0 Å². The Labute approximate surface area is 116 Å². The summed E-state index contributed by atoms with van der Waals surface area (Å²) in [6.45, 7) is 2.13. The number of rotatable bonds is 2. The van der Waals surface area contributed by atoms with Crippen molar-refractivity contribution in [2.24, 2.45) is 5.92 Å². The number of alkyl halides is 3. The Morgan fingerprint density at radius 2 is 1.95 bits per heavy atom. The number of hydrogen-bond donors (Lipinski definition) is 1. The molecule has 2 rings (SSSR count). The predicted molar refractivity (Wildman–Crippen MR) is 71.2 cm³/mol. The fourth-order valence-corrected chi connectivity index (χ4v) is 2.67. The predicted octanol–water partition coefficient (Wildman–Crippen LogP) is 4.57. The Morgan fingerprint density at radius 3 is 2.55 bits per heavy atom. The average Bonchev–Trinajstić information content (AvgIpc) is 2.40. The molecule has 0 radical (unpaired) electrons. The Morgan fingerprint density at radius 1 is 1.25 bits per heavy atom. The van der Waals surface area contributed by atoms with Crippen LogP contribution in [0.15, 0.2) is 18.2 Å². The Kier molecular flexibility index (Phi) is 4.22. The molecule has 1 fully saturated rings. The van der Waals surface area contributed by atoms with Gasteiger partial charge in [-0.25, -0.2) is 0 Å². The average molecular weight is 282 g/mol.